The summed E-state index contributed by atoms with van der Waals surface area (Å²) in [4.78, 5) is 29.8. The summed E-state index contributed by atoms with van der Waals surface area (Å²) in [6.07, 6.45) is -18.9. The molecule has 18 nitrogen and oxygen atoms in total. The molecule has 0 heterocycles. The number of carbonyl (C=O) groups excluding carboxylic acids is 2. The van der Waals surface area contributed by atoms with E-state index < -0.39 is 84.4 Å². The van der Waals surface area contributed by atoms with Crippen LogP contribution >= 0.6 is 0 Å². The van der Waals surface area contributed by atoms with Crippen molar-refractivity contribution in [2.24, 2.45) is 0 Å². The maximum atomic E-state index is 11.4. The number of hydrogen-bond donors (Lipinski definition) is 10. The van der Waals surface area contributed by atoms with Gasteiger partial charge >= 0.3 is 22.3 Å². The molecule has 0 aliphatic heterocycles. The Morgan fingerprint density at radius 3 is 1.16 bits per heavy atom. The summed E-state index contributed by atoms with van der Waals surface area (Å²) >= 11 is 0. The normalized spacial score (nSPS) is 19.9. The van der Waals surface area contributed by atoms with Gasteiger partial charge in [-0.1, -0.05) is 0 Å². The van der Waals surface area contributed by atoms with Gasteiger partial charge in [0.1, 0.15) is 36.6 Å². The lowest BCUT2D eigenvalue weighted by atomic mass is 10.0. The number of hydrogen-bond acceptors (Lipinski definition) is 18. The lowest BCUT2D eigenvalue weighted by molar-refractivity contribution is -0.259. The third-order valence-corrected chi connectivity index (χ3v) is 3.86. The van der Waals surface area contributed by atoms with Crippen LogP contribution in [0.3, 0.4) is 0 Å². The Morgan fingerprint density at radius 2 is 0.903 bits per heavy atom. The zero-order valence-electron chi connectivity index (χ0n) is 15.2. The van der Waals surface area contributed by atoms with Gasteiger partial charge in [0, 0.05) is 0 Å². The highest BCUT2D eigenvalue weighted by Gasteiger charge is 2.38. The topological polar surface area (TPSA) is 308 Å². The Bertz CT molecular complexity index is 616. The van der Waals surface area contributed by atoms with Crippen LogP contribution in [-0.2, 0) is 38.4 Å². The number of aliphatic hydroxyl groups excluding tert-OH is 10. The SMILES string of the molecule is O=C(OOS(=O)(=O)OOC(=O)C(O)C(O)C(O)C(O)CO)C(O)C(O)C(O)C(O)CO. The minimum atomic E-state index is -5.55. The molecule has 0 fully saturated rings. The monoisotopic (exact) mass is 486 g/mol. The Balaban J connectivity index is 4.72. The molecule has 0 amide bonds. The van der Waals surface area contributed by atoms with E-state index in [1.807, 2.05) is 0 Å². The molecule has 184 valence electrons. The van der Waals surface area contributed by atoms with E-state index in [9.17, 15) is 48.6 Å². The van der Waals surface area contributed by atoms with Crippen LogP contribution in [0.25, 0.3) is 0 Å². The van der Waals surface area contributed by atoms with Gasteiger partial charge in [-0.05, 0) is 8.67 Å². The van der Waals surface area contributed by atoms with Gasteiger partial charge in [0.2, 0.25) is 0 Å². The van der Waals surface area contributed by atoms with Crippen LogP contribution in [0.2, 0.25) is 0 Å². The highest BCUT2D eigenvalue weighted by Crippen LogP contribution is 2.10. The highest BCUT2D eigenvalue weighted by molar-refractivity contribution is 7.81. The van der Waals surface area contributed by atoms with Crippen molar-refractivity contribution in [3.05, 3.63) is 0 Å². The molecular weight excluding hydrogens is 464 g/mol. The van der Waals surface area contributed by atoms with Crippen molar-refractivity contribution < 1.29 is 87.5 Å². The molecule has 0 aliphatic carbocycles. The summed E-state index contributed by atoms with van der Waals surface area (Å²) in [5, 5.41) is 91.4. The van der Waals surface area contributed by atoms with Crippen LogP contribution in [0.1, 0.15) is 0 Å². The maximum Gasteiger partial charge on any atom is 0.471 e. The van der Waals surface area contributed by atoms with Crippen LogP contribution in [0.4, 0.5) is 0 Å². The van der Waals surface area contributed by atoms with Crippen LogP contribution in [0.5, 0.6) is 0 Å². The molecule has 31 heavy (non-hydrogen) atoms. The van der Waals surface area contributed by atoms with E-state index in [0.29, 0.717) is 0 Å². The molecule has 0 aromatic heterocycles. The van der Waals surface area contributed by atoms with Crippen molar-refractivity contribution in [3.8, 4) is 0 Å². The first-order valence-electron chi connectivity index (χ1n) is 7.91. The maximum absolute atomic E-state index is 11.4. The van der Waals surface area contributed by atoms with Crippen LogP contribution < -0.4 is 0 Å². The Morgan fingerprint density at radius 1 is 0.613 bits per heavy atom. The van der Waals surface area contributed by atoms with Gasteiger partial charge in [0.15, 0.2) is 12.2 Å². The first kappa shape index (κ1) is 29.4. The second kappa shape index (κ2) is 13.1. The fourth-order valence-electron chi connectivity index (χ4n) is 1.58. The first-order chi connectivity index (χ1) is 14.2. The molecule has 0 bridgehead atoms. The van der Waals surface area contributed by atoms with Gasteiger partial charge < -0.3 is 51.1 Å². The molecule has 10 N–H and O–H groups in total. The highest BCUT2D eigenvalue weighted by atomic mass is 32.3. The van der Waals surface area contributed by atoms with Gasteiger partial charge in [0.25, 0.3) is 0 Å². The minimum absolute atomic E-state index is 1.08. The van der Waals surface area contributed by atoms with Crippen molar-refractivity contribution in [2.45, 2.75) is 48.8 Å². The predicted octanol–water partition coefficient (Wildman–Crippen LogP) is -7.95. The standard InChI is InChI=1S/C12H22O18S/c13-1-3(15)5(17)7(19)9(21)11(23)27-29-31(25,26)30-28-12(24)10(22)8(20)6(18)4(16)2-14/h3-10,13-22H,1-2H2. The third-order valence-electron chi connectivity index (χ3n) is 3.39. The average Bonchev–Trinajstić information content (AvgIpc) is 2.76. The van der Waals surface area contributed by atoms with E-state index in [0.717, 1.165) is 0 Å². The van der Waals surface area contributed by atoms with E-state index in [4.69, 9.17) is 20.4 Å². The number of carbonyl (C=O) groups is 2. The molecule has 0 spiro atoms. The molecular formula is C12H22O18S. The third kappa shape index (κ3) is 9.20. The van der Waals surface area contributed by atoms with E-state index in [2.05, 4.69) is 18.4 Å². The van der Waals surface area contributed by atoms with Gasteiger partial charge in [-0.3, -0.25) is 9.78 Å². The Kier molecular flexibility index (Phi) is 12.4. The van der Waals surface area contributed by atoms with E-state index in [1.54, 1.807) is 0 Å². The summed E-state index contributed by atoms with van der Waals surface area (Å²) in [6.45, 7) is -2.17. The summed E-state index contributed by atoms with van der Waals surface area (Å²) in [5.41, 5.74) is 0. The number of aliphatic hydroxyl groups is 10. The zero-order valence-corrected chi connectivity index (χ0v) is 16.0. The van der Waals surface area contributed by atoms with Crippen LogP contribution in [0.15, 0.2) is 0 Å². The van der Waals surface area contributed by atoms with Gasteiger partial charge in [0.05, 0.1) is 13.2 Å². The summed E-state index contributed by atoms with van der Waals surface area (Å²) < 4.78 is 29.4. The second-order valence-electron chi connectivity index (χ2n) is 5.70. The van der Waals surface area contributed by atoms with Crippen molar-refractivity contribution in [1.29, 1.82) is 0 Å². The largest absolute Gasteiger partial charge is 0.471 e. The molecule has 0 saturated heterocycles. The molecule has 19 heteroatoms. The van der Waals surface area contributed by atoms with Crippen molar-refractivity contribution >= 4 is 22.3 Å². The fraction of sp³-hybridized carbons (Fsp3) is 0.833. The number of rotatable bonds is 14. The fourth-order valence-corrected chi connectivity index (χ4v) is 1.91. The van der Waals surface area contributed by atoms with Crippen LogP contribution in [-0.4, -0.2) is 133 Å². The Hall–Kier alpha value is -1.59. The van der Waals surface area contributed by atoms with E-state index in [-0.39, 0.29) is 0 Å². The molecule has 0 saturated carbocycles. The average molecular weight is 486 g/mol. The van der Waals surface area contributed by atoms with Crippen molar-refractivity contribution in [1.82, 2.24) is 0 Å². The van der Waals surface area contributed by atoms with Crippen molar-refractivity contribution in [3.63, 3.8) is 0 Å². The van der Waals surface area contributed by atoms with Gasteiger partial charge in [-0.25, -0.2) is 9.59 Å². The van der Waals surface area contributed by atoms with Crippen molar-refractivity contribution in [2.75, 3.05) is 13.2 Å². The predicted molar refractivity (Wildman–Crippen MR) is 85.5 cm³/mol. The summed E-state index contributed by atoms with van der Waals surface area (Å²) in [6, 6.07) is 0. The molecule has 0 radical (unpaired) electrons. The minimum Gasteiger partial charge on any atom is -0.394 e. The molecule has 8 atom stereocenters. The van der Waals surface area contributed by atoms with E-state index in [1.165, 1.54) is 0 Å². The second-order valence-corrected chi connectivity index (χ2v) is 6.79. The quantitative estimate of drug-likeness (QED) is 0.0804. The summed E-state index contributed by atoms with van der Waals surface area (Å²) in [7, 11) is -5.55. The lowest BCUT2D eigenvalue weighted by Gasteiger charge is -2.24. The summed E-state index contributed by atoms with van der Waals surface area (Å²) in [5.74, 6) is -4.13. The van der Waals surface area contributed by atoms with Gasteiger partial charge in [-0.2, -0.15) is 8.42 Å². The van der Waals surface area contributed by atoms with E-state index >= 15 is 0 Å². The lowest BCUT2D eigenvalue weighted by Crippen LogP contribution is -2.49. The molecule has 0 aliphatic rings. The molecule has 0 rings (SSSR count). The molecule has 0 aromatic carbocycles. The van der Waals surface area contributed by atoms with Crippen LogP contribution in [0, 0.1) is 0 Å². The zero-order chi connectivity index (χ0) is 24.5. The van der Waals surface area contributed by atoms with Gasteiger partial charge in [-0.15, -0.1) is 0 Å². The first-order valence-corrected chi connectivity index (χ1v) is 9.24. The molecule has 0 aromatic rings. The smallest absolute Gasteiger partial charge is 0.394 e. The molecule has 8 unspecified atom stereocenters. The Labute approximate surface area is 172 Å².